The van der Waals surface area contributed by atoms with Gasteiger partial charge in [-0.25, -0.2) is 4.39 Å². The van der Waals surface area contributed by atoms with Gasteiger partial charge in [0.1, 0.15) is 5.82 Å². The SMILES string of the molecule is Cc1ccc(F)c(CNC(C)CN2CCOCC2)c1. The maximum Gasteiger partial charge on any atom is 0.127 e. The Kier molecular flexibility index (Phi) is 5.31. The third-order valence-electron chi connectivity index (χ3n) is 3.48. The Morgan fingerprint density at radius 1 is 1.37 bits per heavy atom. The molecule has 0 bridgehead atoms. The molecule has 1 atom stereocenters. The maximum atomic E-state index is 13.6. The van der Waals surface area contributed by atoms with Gasteiger partial charge in [-0.3, -0.25) is 4.90 Å². The van der Waals surface area contributed by atoms with E-state index in [1.165, 1.54) is 0 Å². The summed E-state index contributed by atoms with van der Waals surface area (Å²) in [7, 11) is 0. The molecule has 2 rings (SSSR count). The summed E-state index contributed by atoms with van der Waals surface area (Å²) in [5, 5.41) is 3.39. The smallest absolute Gasteiger partial charge is 0.127 e. The molecule has 0 aliphatic carbocycles. The number of aryl methyl sites for hydroxylation is 1. The second kappa shape index (κ2) is 6.98. The molecular formula is C15H23FN2O. The number of nitrogens with zero attached hydrogens (tertiary/aromatic N) is 1. The zero-order valence-corrected chi connectivity index (χ0v) is 11.8. The molecule has 1 unspecified atom stereocenters. The van der Waals surface area contributed by atoms with Crippen molar-refractivity contribution in [2.75, 3.05) is 32.8 Å². The summed E-state index contributed by atoms with van der Waals surface area (Å²) in [5.74, 6) is -0.128. The molecule has 0 radical (unpaired) electrons. The van der Waals surface area contributed by atoms with Crippen LogP contribution in [0.1, 0.15) is 18.1 Å². The number of hydrogen-bond acceptors (Lipinski definition) is 3. The highest BCUT2D eigenvalue weighted by Gasteiger charge is 2.13. The van der Waals surface area contributed by atoms with Crippen LogP contribution in [0.3, 0.4) is 0 Å². The summed E-state index contributed by atoms with van der Waals surface area (Å²) in [6, 6.07) is 5.59. The van der Waals surface area contributed by atoms with Gasteiger partial charge in [0.15, 0.2) is 0 Å². The van der Waals surface area contributed by atoms with Crippen molar-refractivity contribution in [2.24, 2.45) is 0 Å². The number of hydrogen-bond donors (Lipinski definition) is 1. The van der Waals surface area contributed by atoms with Crippen LogP contribution < -0.4 is 5.32 Å². The fourth-order valence-electron chi connectivity index (χ4n) is 2.36. The highest BCUT2D eigenvalue weighted by Crippen LogP contribution is 2.10. The Morgan fingerprint density at radius 3 is 2.84 bits per heavy atom. The number of ether oxygens (including phenoxy) is 1. The molecule has 3 nitrogen and oxygen atoms in total. The van der Waals surface area contributed by atoms with Gasteiger partial charge in [-0.2, -0.15) is 0 Å². The first-order chi connectivity index (χ1) is 9.15. The molecule has 1 N–H and O–H groups in total. The van der Waals surface area contributed by atoms with E-state index >= 15 is 0 Å². The molecule has 0 aromatic heterocycles. The van der Waals surface area contributed by atoms with E-state index in [4.69, 9.17) is 4.74 Å². The van der Waals surface area contributed by atoms with E-state index in [2.05, 4.69) is 17.1 Å². The van der Waals surface area contributed by atoms with Crippen LogP contribution in [0, 0.1) is 12.7 Å². The van der Waals surface area contributed by atoms with E-state index in [-0.39, 0.29) is 5.82 Å². The van der Waals surface area contributed by atoms with Gasteiger partial charge in [-0.05, 0) is 19.9 Å². The van der Waals surface area contributed by atoms with Crippen molar-refractivity contribution in [1.29, 1.82) is 0 Å². The van der Waals surface area contributed by atoms with Gasteiger partial charge in [-0.1, -0.05) is 17.7 Å². The molecule has 19 heavy (non-hydrogen) atoms. The molecule has 0 amide bonds. The molecule has 1 aromatic carbocycles. The van der Waals surface area contributed by atoms with Crippen molar-refractivity contribution in [3.8, 4) is 0 Å². The molecule has 4 heteroatoms. The molecule has 1 aliphatic heterocycles. The second-order valence-electron chi connectivity index (χ2n) is 5.29. The lowest BCUT2D eigenvalue weighted by molar-refractivity contribution is 0.0343. The summed E-state index contributed by atoms with van der Waals surface area (Å²) < 4.78 is 18.9. The van der Waals surface area contributed by atoms with Gasteiger partial charge in [-0.15, -0.1) is 0 Å². The predicted molar refractivity (Wildman–Crippen MR) is 74.7 cm³/mol. The lowest BCUT2D eigenvalue weighted by Gasteiger charge is -2.29. The van der Waals surface area contributed by atoms with Crippen LogP contribution in [-0.4, -0.2) is 43.8 Å². The van der Waals surface area contributed by atoms with Crippen molar-refractivity contribution in [1.82, 2.24) is 10.2 Å². The minimum Gasteiger partial charge on any atom is -0.379 e. The van der Waals surface area contributed by atoms with Gasteiger partial charge in [0.25, 0.3) is 0 Å². The van der Waals surface area contributed by atoms with Crippen molar-refractivity contribution >= 4 is 0 Å². The summed E-state index contributed by atoms with van der Waals surface area (Å²) >= 11 is 0. The van der Waals surface area contributed by atoms with Gasteiger partial charge >= 0.3 is 0 Å². The fourth-order valence-corrected chi connectivity index (χ4v) is 2.36. The van der Waals surface area contributed by atoms with Crippen LogP contribution in [0.2, 0.25) is 0 Å². The highest BCUT2D eigenvalue weighted by molar-refractivity contribution is 5.23. The van der Waals surface area contributed by atoms with Crippen molar-refractivity contribution in [3.05, 3.63) is 35.1 Å². The number of nitrogens with one attached hydrogen (secondary N) is 1. The molecule has 1 heterocycles. The van der Waals surface area contributed by atoms with E-state index in [9.17, 15) is 4.39 Å². The third kappa shape index (κ3) is 4.56. The molecule has 1 aromatic rings. The molecular weight excluding hydrogens is 243 g/mol. The van der Waals surface area contributed by atoms with Crippen LogP contribution in [0.25, 0.3) is 0 Å². The third-order valence-corrected chi connectivity index (χ3v) is 3.48. The normalized spacial score (nSPS) is 18.5. The van der Waals surface area contributed by atoms with Crippen LogP contribution in [-0.2, 0) is 11.3 Å². The van der Waals surface area contributed by atoms with Gasteiger partial charge in [0.2, 0.25) is 0 Å². The largest absolute Gasteiger partial charge is 0.379 e. The Morgan fingerprint density at radius 2 is 2.11 bits per heavy atom. The standard InChI is InChI=1S/C15H23FN2O/c1-12-3-4-15(16)14(9-12)10-17-13(2)11-18-5-7-19-8-6-18/h3-4,9,13,17H,5-8,10-11H2,1-2H3. The lowest BCUT2D eigenvalue weighted by Crippen LogP contribution is -2.44. The molecule has 0 spiro atoms. The van der Waals surface area contributed by atoms with E-state index in [0.717, 1.165) is 44.0 Å². The lowest BCUT2D eigenvalue weighted by atomic mass is 10.1. The molecule has 1 fully saturated rings. The number of halogens is 1. The zero-order valence-electron chi connectivity index (χ0n) is 11.8. The van der Waals surface area contributed by atoms with Crippen LogP contribution >= 0.6 is 0 Å². The molecule has 1 saturated heterocycles. The number of rotatable bonds is 5. The minimum absolute atomic E-state index is 0.128. The Hall–Kier alpha value is -0.970. The summed E-state index contributed by atoms with van der Waals surface area (Å²) in [6.07, 6.45) is 0. The number of benzene rings is 1. The summed E-state index contributed by atoms with van der Waals surface area (Å²) in [5.41, 5.74) is 1.84. The zero-order chi connectivity index (χ0) is 13.7. The van der Waals surface area contributed by atoms with E-state index in [0.29, 0.717) is 12.6 Å². The first-order valence-electron chi connectivity index (χ1n) is 6.93. The quantitative estimate of drug-likeness (QED) is 0.881. The fraction of sp³-hybridized carbons (Fsp3) is 0.600. The van der Waals surface area contributed by atoms with Crippen LogP contribution in [0.4, 0.5) is 4.39 Å². The van der Waals surface area contributed by atoms with E-state index in [1.807, 2.05) is 13.0 Å². The van der Waals surface area contributed by atoms with E-state index < -0.39 is 0 Å². The molecule has 0 saturated carbocycles. The predicted octanol–water partition coefficient (Wildman–Crippen LogP) is 1.94. The average Bonchev–Trinajstić information content (AvgIpc) is 2.41. The average molecular weight is 266 g/mol. The van der Waals surface area contributed by atoms with E-state index in [1.54, 1.807) is 12.1 Å². The van der Waals surface area contributed by atoms with Crippen LogP contribution in [0.15, 0.2) is 18.2 Å². The molecule has 1 aliphatic rings. The number of morpholine rings is 1. The van der Waals surface area contributed by atoms with Crippen molar-refractivity contribution in [2.45, 2.75) is 26.4 Å². The Balaban J connectivity index is 1.79. The Bertz CT molecular complexity index is 405. The Labute approximate surface area is 114 Å². The second-order valence-corrected chi connectivity index (χ2v) is 5.29. The van der Waals surface area contributed by atoms with Gasteiger partial charge in [0.05, 0.1) is 13.2 Å². The maximum absolute atomic E-state index is 13.6. The molecule has 106 valence electrons. The monoisotopic (exact) mass is 266 g/mol. The van der Waals surface area contributed by atoms with Gasteiger partial charge < -0.3 is 10.1 Å². The van der Waals surface area contributed by atoms with Crippen molar-refractivity contribution < 1.29 is 9.13 Å². The topological polar surface area (TPSA) is 24.5 Å². The first kappa shape index (κ1) is 14.4. The minimum atomic E-state index is -0.128. The van der Waals surface area contributed by atoms with Crippen molar-refractivity contribution in [3.63, 3.8) is 0 Å². The van der Waals surface area contributed by atoms with Crippen LogP contribution in [0.5, 0.6) is 0 Å². The van der Waals surface area contributed by atoms with Gasteiger partial charge in [0, 0.05) is 37.8 Å². The summed E-state index contributed by atoms with van der Waals surface area (Å²) in [4.78, 5) is 2.38. The summed E-state index contributed by atoms with van der Waals surface area (Å²) in [6.45, 7) is 9.31. The highest BCUT2D eigenvalue weighted by atomic mass is 19.1. The first-order valence-corrected chi connectivity index (χ1v) is 6.93.